The molecule has 1 aromatic rings. The van der Waals surface area contributed by atoms with Crippen molar-refractivity contribution in [2.24, 2.45) is 0 Å². The smallest absolute Gasteiger partial charge is 0.247 e. The van der Waals surface area contributed by atoms with Crippen LogP contribution in [0.25, 0.3) is 0 Å². The second kappa shape index (κ2) is 2.96. The van der Waals surface area contributed by atoms with Gasteiger partial charge in [0.25, 0.3) is 0 Å². The lowest BCUT2D eigenvalue weighted by atomic mass is 9.93. The topological polar surface area (TPSA) is 29.1 Å². The van der Waals surface area contributed by atoms with Crippen LogP contribution < -0.4 is 5.32 Å². The predicted molar refractivity (Wildman–Crippen MR) is 58.6 cm³/mol. The molecule has 2 atom stereocenters. The van der Waals surface area contributed by atoms with Gasteiger partial charge in [-0.2, -0.15) is 0 Å². The minimum atomic E-state index is 0.113. The Labute approximate surface area is 89.0 Å². The van der Waals surface area contributed by atoms with Gasteiger partial charge >= 0.3 is 0 Å². The Balaban J connectivity index is 2.13. The van der Waals surface area contributed by atoms with E-state index in [1.165, 1.54) is 11.1 Å². The molecule has 2 nitrogen and oxygen atoms in total. The lowest BCUT2D eigenvalue weighted by Gasteiger charge is -2.09. The fourth-order valence-corrected chi connectivity index (χ4v) is 2.82. The minimum absolute atomic E-state index is 0.113. The zero-order valence-corrected chi connectivity index (χ0v) is 8.66. The minimum Gasteiger partial charge on any atom is -0.348 e. The molecule has 0 saturated carbocycles. The number of benzene rings is 1. The van der Waals surface area contributed by atoms with E-state index < -0.39 is 0 Å². The summed E-state index contributed by atoms with van der Waals surface area (Å²) < 4.78 is 0. The highest BCUT2D eigenvalue weighted by atomic mass is 16.2. The van der Waals surface area contributed by atoms with Crippen molar-refractivity contribution >= 4 is 5.91 Å². The van der Waals surface area contributed by atoms with Crippen molar-refractivity contribution in [1.29, 1.82) is 0 Å². The summed E-state index contributed by atoms with van der Waals surface area (Å²) in [7, 11) is 0. The summed E-state index contributed by atoms with van der Waals surface area (Å²) in [4.78, 5) is 11.6. The van der Waals surface area contributed by atoms with Crippen LogP contribution in [-0.2, 0) is 11.2 Å². The highest BCUT2D eigenvalue weighted by molar-refractivity contribution is 5.98. The Bertz CT molecular complexity index is 461. The number of carbonyl (C=O) groups is 1. The molecule has 1 saturated heterocycles. The van der Waals surface area contributed by atoms with Gasteiger partial charge < -0.3 is 5.32 Å². The van der Waals surface area contributed by atoms with E-state index in [1.54, 1.807) is 0 Å². The second-order valence-corrected chi connectivity index (χ2v) is 4.20. The maximum Gasteiger partial charge on any atom is 0.247 e. The zero-order valence-electron chi connectivity index (χ0n) is 8.66. The molecule has 0 bridgehead atoms. The van der Waals surface area contributed by atoms with E-state index in [0.717, 1.165) is 12.0 Å². The Morgan fingerprint density at radius 2 is 2.20 bits per heavy atom. The molecule has 1 aromatic carbocycles. The maximum atomic E-state index is 11.6. The molecule has 0 radical (unpaired) electrons. The molecule has 2 heteroatoms. The van der Waals surface area contributed by atoms with Crippen LogP contribution in [0.1, 0.15) is 24.0 Å². The normalized spacial score (nSPS) is 30.2. The first-order chi connectivity index (χ1) is 7.31. The first kappa shape index (κ1) is 8.72. The lowest BCUT2D eigenvalue weighted by Crippen LogP contribution is -2.26. The van der Waals surface area contributed by atoms with Crippen LogP contribution in [0.15, 0.2) is 35.9 Å². The molecule has 3 rings (SSSR count). The van der Waals surface area contributed by atoms with Gasteiger partial charge in [0.15, 0.2) is 0 Å². The van der Waals surface area contributed by atoms with Gasteiger partial charge in [0.05, 0.1) is 0 Å². The van der Waals surface area contributed by atoms with Crippen molar-refractivity contribution < 1.29 is 4.79 Å². The fourth-order valence-electron chi connectivity index (χ4n) is 2.82. The van der Waals surface area contributed by atoms with E-state index >= 15 is 0 Å². The molecule has 0 aromatic heterocycles. The number of hydrogen-bond acceptors (Lipinski definition) is 1. The number of nitrogens with one attached hydrogen (secondary N) is 1. The van der Waals surface area contributed by atoms with Gasteiger partial charge in [-0.25, -0.2) is 0 Å². The van der Waals surface area contributed by atoms with Crippen molar-refractivity contribution in [3.8, 4) is 0 Å². The third-order valence-corrected chi connectivity index (χ3v) is 3.46. The van der Waals surface area contributed by atoms with Gasteiger partial charge in [0, 0.05) is 17.5 Å². The van der Waals surface area contributed by atoms with Crippen LogP contribution in [-0.4, -0.2) is 11.9 Å². The monoisotopic (exact) mass is 199 g/mol. The van der Waals surface area contributed by atoms with Gasteiger partial charge in [-0.3, -0.25) is 4.79 Å². The Morgan fingerprint density at radius 3 is 3.00 bits per heavy atom. The Hall–Kier alpha value is -1.57. The summed E-state index contributed by atoms with van der Waals surface area (Å²) in [6.45, 7) is 1.94. The fraction of sp³-hybridized carbons (Fsp3) is 0.308. The highest BCUT2D eigenvalue weighted by Crippen LogP contribution is 2.41. The van der Waals surface area contributed by atoms with E-state index in [9.17, 15) is 4.79 Å². The quantitative estimate of drug-likeness (QED) is 0.634. The van der Waals surface area contributed by atoms with Gasteiger partial charge in [0.1, 0.15) is 0 Å². The highest BCUT2D eigenvalue weighted by Gasteiger charge is 2.42. The average Bonchev–Trinajstić information content (AvgIpc) is 2.72. The molecule has 1 aliphatic heterocycles. The van der Waals surface area contributed by atoms with Gasteiger partial charge in [-0.1, -0.05) is 30.3 Å². The maximum absolute atomic E-state index is 11.6. The summed E-state index contributed by atoms with van der Waals surface area (Å²) in [5.41, 5.74) is 3.64. The van der Waals surface area contributed by atoms with Crippen molar-refractivity contribution in [2.75, 3.05) is 0 Å². The number of hydrogen-bond donors (Lipinski definition) is 1. The van der Waals surface area contributed by atoms with Crippen LogP contribution in [0.3, 0.4) is 0 Å². The zero-order chi connectivity index (χ0) is 10.4. The Morgan fingerprint density at radius 1 is 1.40 bits per heavy atom. The molecule has 1 heterocycles. The SMILES string of the molecule is C/C=C1/C(=O)NC2Cc3ccccc3C12. The average molecular weight is 199 g/mol. The van der Waals surface area contributed by atoms with E-state index in [-0.39, 0.29) is 5.91 Å². The second-order valence-electron chi connectivity index (χ2n) is 4.20. The van der Waals surface area contributed by atoms with Crippen molar-refractivity contribution in [2.45, 2.75) is 25.3 Å². The molecular formula is C13H13NO. The van der Waals surface area contributed by atoms with Crippen molar-refractivity contribution in [3.05, 3.63) is 47.0 Å². The molecule has 1 aliphatic carbocycles. The van der Waals surface area contributed by atoms with Gasteiger partial charge in [-0.15, -0.1) is 0 Å². The van der Waals surface area contributed by atoms with E-state index in [4.69, 9.17) is 0 Å². The van der Waals surface area contributed by atoms with E-state index in [0.29, 0.717) is 12.0 Å². The lowest BCUT2D eigenvalue weighted by molar-refractivity contribution is -0.116. The largest absolute Gasteiger partial charge is 0.348 e. The van der Waals surface area contributed by atoms with Gasteiger partial charge in [0.2, 0.25) is 5.91 Å². The van der Waals surface area contributed by atoms with Crippen LogP contribution in [0.4, 0.5) is 0 Å². The van der Waals surface area contributed by atoms with Crippen molar-refractivity contribution in [3.63, 3.8) is 0 Å². The molecule has 1 N–H and O–H groups in total. The number of allylic oxidation sites excluding steroid dienone is 1. The van der Waals surface area contributed by atoms with Crippen LogP contribution in [0.2, 0.25) is 0 Å². The number of rotatable bonds is 0. The summed E-state index contributed by atoms with van der Waals surface area (Å²) in [6, 6.07) is 8.71. The Kier molecular flexibility index (Phi) is 1.72. The summed E-state index contributed by atoms with van der Waals surface area (Å²) in [5, 5.41) is 3.06. The molecule has 2 aliphatic rings. The van der Waals surface area contributed by atoms with Crippen LogP contribution in [0, 0.1) is 0 Å². The molecule has 2 unspecified atom stereocenters. The molecule has 1 fully saturated rings. The van der Waals surface area contributed by atoms with Crippen molar-refractivity contribution in [1.82, 2.24) is 5.32 Å². The number of amides is 1. The molecule has 15 heavy (non-hydrogen) atoms. The number of fused-ring (bicyclic) bond motifs is 3. The molecular weight excluding hydrogens is 186 g/mol. The van der Waals surface area contributed by atoms with Gasteiger partial charge in [-0.05, 0) is 24.5 Å². The first-order valence-corrected chi connectivity index (χ1v) is 5.36. The van der Waals surface area contributed by atoms with Crippen LogP contribution >= 0.6 is 0 Å². The third-order valence-electron chi connectivity index (χ3n) is 3.46. The molecule has 1 amide bonds. The van der Waals surface area contributed by atoms with E-state index in [2.05, 4.69) is 29.6 Å². The van der Waals surface area contributed by atoms with Crippen LogP contribution in [0.5, 0.6) is 0 Å². The summed E-state index contributed by atoms with van der Waals surface area (Å²) in [6.07, 6.45) is 2.92. The standard InChI is InChI=1S/C13H13NO/c1-2-9-12-10-6-4-3-5-8(10)7-11(12)14-13(9)15/h2-6,11-12H,7H2,1H3,(H,14,15)/b9-2+. The first-order valence-electron chi connectivity index (χ1n) is 5.36. The molecule has 0 spiro atoms. The van der Waals surface area contributed by atoms with E-state index in [1.807, 2.05) is 13.0 Å². The summed E-state index contributed by atoms with van der Waals surface area (Å²) >= 11 is 0. The summed E-state index contributed by atoms with van der Waals surface area (Å²) in [5.74, 6) is 0.403. The third kappa shape index (κ3) is 1.08. The molecule has 76 valence electrons. The number of carbonyl (C=O) groups excluding carboxylic acids is 1. The predicted octanol–water partition coefficient (Wildman–Crippen LogP) is 1.77.